The lowest BCUT2D eigenvalue weighted by atomic mass is 10.6. The average Bonchev–Trinajstić information content (AvgIpc) is 3.03. The molecule has 2 N–H and O–H groups in total. The number of nitrogens with zero attached hydrogens (tertiary/aromatic N) is 3. The zero-order chi connectivity index (χ0) is 13.0. The van der Waals surface area contributed by atoms with Crippen LogP contribution < -0.4 is 10.0 Å². The van der Waals surface area contributed by atoms with Gasteiger partial charge in [-0.1, -0.05) is 0 Å². The van der Waals surface area contributed by atoms with Crippen molar-refractivity contribution >= 4 is 10.0 Å². The number of rotatable bonds is 8. The molecule has 1 aromatic rings. The van der Waals surface area contributed by atoms with Crippen LogP contribution in [0, 0.1) is 0 Å². The van der Waals surface area contributed by atoms with Crippen molar-refractivity contribution < 1.29 is 8.42 Å². The molecule has 1 fully saturated rings. The van der Waals surface area contributed by atoms with Crippen LogP contribution in [-0.2, 0) is 23.1 Å². The van der Waals surface area contributed by atoms with Gasteiger partial charge in [0.05, 0.1) is 12.3 Å². The third-order valence-corrected chi connectivity index (χ3v) is 4.19. The molecular formula is C10H19N5O2S. The number of sulfonamides is 1. The maximum absolute atomic E-state index is 11.7. The Hall–Kier alpha value is -0.990. The Balaban J connectivity index is 1.76. The fraction of sp³-hybridized carbons (Fsp3) is 0.800. The highest BCUT2D eigenvalue weighted by Gasteiger charge is 2.21. The van der Waals surface area contributed by atoms with Gasteiger partial charge in [0.15, 0.2) is 0 Å². The highest BCUT2D eigenvalue weighted by molar-refractivity contribution is 7.89. The van der Waals surface area contributed by atoms with Crippen LogP contribution in [0.5, 0.6) is 0 Å². The summed E-state index contributed by atoms with van der Waals surface area (Å²) >= 11 is 0. The minimum Gasteiger partial charge on any atom is -0.317 e. The van der Waals surface area contributed by atoms with Crippen molar-refractivity contribution in [1.82, 2.24) is 24.8 Å². The van der Waals surface area contributed by atoms with E-state index in [9.17, 15) is 8.42 Å². The summed E-state index contributed by atoms with van der Waals surface area (Å²) in [5, 5.41) is 10.8. The summed E-state index contributed by atoms with van der Waals surface area (Å²) in [5.74, 6) is 0.736. The van der Waals surface area contributed by atoms with Crippen LogP contribution in [0.4, 0.5) is 0 Å². The molecule has 1 aromatic heterocycles. The third-order valence-electron chi connectivity index (χ3n) is 2.87. The normalized spacial score (nSPS) is 16.1. The van der Waals surface area contributed by atoms with Crippen molar-refractivity contribution in [2.24, 2.45) is 0 Å². The fourth-order valence-corrected chi connectivity index (χ4v) is 2.49. The summed E-state index contributed by atoms with van der Waals surface area (Å²) in [7, 11) is -3.24. The van der Waals surface area contributed by atoms with E-state index < -0.39 is 10.0 Å². The highest BCUT2D eigenvalue weighted by atomic mass is 32.2. The SMILES string of the molecule is CCn1cnnc1CNS(=O)(=O)CCNC1CC1. The summed E-state index contributed by atoms with van der Waals surface area (Å²) in [6, 6.07) is 0.531. The largest absolute Gasteiger partial charge is 0.317 e. The van der Waals surface area contributed by atoms with Crippen LogP contribution in [0.3, 0.4) is 0 Å². The van der Waals surface area contributed by atoms with E-state index in [1.807, 2.05) is 11.5 Å². The van der Waals surface area contributed by atoms with Crippen LogP contribution in [0.2, 0.25) is 0 Å². The lowest BCUT2D eigenvalue weighted by molar-refractivity contribution is 0.570. The molecule has 8 heteroatoms. The zero-order valence-electron chi connectivity index (χ0n) is 10.5. The van der Waals surface area contributed by atoms with Crippen molar-refractivity contribution in [2.45, 2.75) is 38.9 Å². The Kier molecular flexibility index (Phi) is 4.31. The molecule has 0 unspecified atom stereocenters. The molecule has 1 aliphatic carbocycles. The fourth-order valence-electron chi connectivity index (χ4n) is 1.61. The van der Waals surface area contributed by atoms with Crippen molar-refractivity contribution in [1.29, 1.82) is 0 Å². The molecule has 1 heterocycles. The predicted octanol–water partition coefficient (Wildman–Crippen LogP) is -0.531. The molecule has 0 radical (unpaired) electrons. The van der Waals surface area contributed by atoms with Crippen molar-refractivity contribution in [3.8, 4) is 0 Å². The molecule has 1 aliphatic rings. The molecule has 1 saturated carbocycles. The second kappa shape index (κ2) is 5.77. The lowest BCUT2D eigenvalue weighted by Crippen LogP contribution is -2.33. The molecule has 2 rings (SSSR count). The molecule has 0 aliphatic heterocycles. The molecule has 0 atom stereocenters. The Morgan fingerprint density at radius 3 is 2.94 bits per heavy atom. The first kappa shape index (κ1) is 13.4. The molecule has 7 nitrogen and oxygen atoms in total. The predicted molar refractivity (Wildman–Crippen MR) is 67.3 cm³/mol. The highest BCUT2D eigenvalue weighted by Crippen LogP contribution is 2.17. The Morgan fingerprint density at radius 1 is 1.50 bits per heavy atom. The number of hydrogen-bond donors (Lipinski definition) is 2. The van der Waals surface area contributed by atoms with Crippen LogP contribution in [-0.4, -0.2) is 41.5 Å². The first-order valence-electron chi connectivity index (χ1n) is 6.18. The van der Waals surface area contributed by atoms with E-state index in [2.05, 4.69) is 20.2 Å². The number of hydrogen-bond acceptors (Lipinski definition) is 5. The number of nitrogens with one attached hydrogen (secondary N) is 2. The van der Waals surface area contributed by atoms with Gasteiger partial charge in [-0.15, -0.1) is 10.2 Å². The third kappa shape index (κ3) is 4.04. The van der Waals surface area contributed by atoms with Gasteiger partial charge in [0.2, 0.25) is 10.0 Å². The monoisotopic (exact) mass is 273 g/mol. The first-order valence-corrected chi connectivity index (χ1v) is 7.83. The summed E-state index contributed by atoms with van der Waals surface area (Å²) in [4.78, 5) is 0. The average molecular weight is 273 g/mol. The van der Waals surface area contributed by atoms with E-state index in [4.69, 9.17) is 0 Å². The Morgan fingerprint density at radius 2 is 2.28 bits per heavy atom. The second-order valence-corrected chi connectivity index (χ2v) is 6.33. The van der Waals surface area contributed by atoms with Gasteiger partial charge < -0.3 is 9.88 Å². The van der Waals surface area contributed by atoms with E-state index >= 15 is 0 Å². The molecule has 0 spiro atoms. The maximum Gasteiger partial charge on any atom is 0.213 e. The van der Waals surface area contributed by atoms with Gasteiger partial charge in [-0.3, -0.25) is 0 Å². The molecule has 0 amide bonds. The summed E-state index contributed by atoms with van der Waals surface area (Å²) in [6.45, 7) is 3.38. The standard InChI is InChI=1S/C10H19N5O2S/c1-2-15-8-12-14-10(15)7-13-18(16,17)6-5-11-9-3-4-9/h8-9,11,13H,2-7H2,1H3. The van der Waals surface area contributed by atoms with Crippen molar-refractivity contribution in [3.05, 3.63) is 12.2 Å². The van der Waals surface area contributed by atoms with Gasteiger partial charge in [0.25, 0.3) is 0 Å². The minimum atomic E-state index is -3.24. The topological polar surface area (TPSA) is 88.9 Å². The van der Waals surface area contributed by atoms with Crippen LogP contribution in [0.15, 0.2) is 6.33 Å². The van der Waals surface area contributed by atoms with Gasteiger partial charge in [-0.25, -0.2) is 13.1 Å². The van der Waals surface area contributed by atoms with Gasteiger partial charge in [-0.05, 0) is 19.8 Å². The van der Waals surface area contributed by atoms with Crippen LogP contribution in [0.1, 0.15) is 25.6 Å². The minimum absolute atomic E-state index is 0.101. The Labute approximate surface area is 107 Å². The smallest absolute Gasteiger partial charge is 0.213 e. The first-order chi connectivity index (χ1) is 8.61. The van der Waals surface area contributed by atoms with Gasteiger partial charge in [0.1, 0.15) is 12.2 Å². The van der Waals surface area contributed by atoms with E-state index in [0.29, 0.717) is 18.4 Å². The molecule has 18 heavy (non-hydrogen) atoms. The molecule has 0 saturated heterocycles. The maximum atomic E-state index is 11.7. The van der Waals surface area contributed by atoms with Gasteiger partial charge in [0, 0.05) is 19.1 Å². The number of aryl methyl sites for hydroxylation is 1. The molecular weight excluding hydrogens is 254 g/mol. The molecule has 0 bridgehead atoms. The Bertz CT molecular complexity index is 480. The molecule has 0 aromatic carbocycles. The zero-order valence-corrected chi connectivity index (χ0v) is 11.3. The second-order valence-electron chi connectivity index (χ2n) is 4.40. The van der Waals surface area contributed by atoms with Crippen LogP contribution >= 0.6 is 0 Å². The van der Waals surface area contributed by atoms with E-state index in [-0.39, 0.29) is 12.3 Å². The van der Waals surface area contributed by atoms with Crippen LogP contribution in [0.25, 0.3) is 0 Å². The number of aromatic nitrogens is 3. The lowest BCUT2D eigenvalue weighted by Gasteiger charge is -2.07. The van der Waals surface area contributed by atoms with Crippen molar-refractivity contribution in [2.75, 3.05) is 12.3 Å². The summed E-state index contributed by atoms with van der Waals surface area (Å²) in [5.41, 5.74) is 0. The van der Waals surface area contributed by atoms with Gasteiger partial charge in [-0.2, -0.15) is 0 Å². The molecule has 102 valence electrons. The summed E-state index contributed by atoms with van der Waals surface area (Å²) < 4.78 is 27.8. The van der Waals surface area contributed by atoms with Gasteiger partial charge >= 0.3 is 0 Å². The van der Waals surface area contributed by atoms with E-state index in [1.54, 1.807) is 6.33 Å². The summed E-state index contributed by atoms with van der Waals surface area (Å²) in [6.07, 6.45) is 3.92. The quantitative estimate of drug-likeness (QED) is 0.664. The van der Waals surface area contributed by atoms with Crippen molar-refractivity contribution in [3.63, 3.8) is 0 Å². The van der Waals surface area contributed by atoms with E-state index in [1.165, 1.54) is 0 Å². The van der Waals surface area contributed by atoms with E-state index in [0.717, 1.165) is 19.4 Å².